The van der Waals surface area contributed by atoms with Crippen LogP contribution in [0.5, 0.6) is 0 Å². The van der Waals surface area contributed by atoms with Crippen LogP contribution in [0.25, 0.3) is 0 Å². The number of nitrogens with one attached hydrogen (secondary N) is 1. The van der Waals surface area contributed by atoms with Crippen molar-refractivity contribution in [2.24, 2.45) is 0 Å². The van der Waals surface area contributed by atoms with Crippen LogP contribution in [-0.2, 0) is 0 Å². The van der Waals surface area contributed by atoms with Gasteiger partial charge in [0, 0.05) is 12.2 Å². The van der Waals surface area contributed by atoms with Crippen LogP contribution < -0.4 is 5.32 Å². The van der Waals surface area contributed by atoms with E-state index in [4.69, 9.17) is 23.2 Å². The molecule has 0 aromatic heterocycles. The summed E-state index contributed by atoms with van der Waals surface area (Å²) in [6.07, 6.45) is 0. The van der Waals surface area contributed by atoms with Gasteiger partial charge in [0.25, 0.3) is 0 Å². The molecule has 1 aromatic carbocycles. The van der Waals surface area contributed by atoms with E-state index in [-0.39, 0.29) is 0 Å². The summed E-state index contributed by atoms with van der Waals surface area (Å²) in [6, 6.07) is 5.42. The minimum absolute atomic E-state index is 0.544. The number of benzene rings is 1. The van der Waals surface area contributed by atoms with Crippen molar-refractivity contribution < 1.29 is 0 Å². The van der Waals surface area contributed by atoms with Crippen molar-refractivity contribution in [2.75, 3.05) is 11.9 Å². The van der Waals surface area contributed by atoms with Crippen molar-refractivity contribution in [1.29, 1.82) is 0 Å². The normalized spacial score (nSPS) is 9.80. The van der Waals surface area contributed by atoms with Crippen molar-refractivity contribution in [3.8, 4) is 0 Å². The molecule has 0 spiro atoms. The topological polar surface area (TPSA) is 12.0 Å². The number of hydrogen-bond donors (Lipinski definition) is 1. The molecular formula is C12H13Cl2N. The zero-order valence-electron chi connectivity index (χ0n) is 8.61. The van der Waals surface area contributed by atoms with Gasteiger partial charge in [-0.25, -0.2) is 0 Å². The van der Waals surface area contributed by atoms with Crippen LogP contribution in [0.1, 0.15) is 6.92 Å². The van der Waals surface area contributed by atoms with Crippen LogP contribution in [-0.4, -0.2) is 6.54 Å². The first kappa shape index (κ1) is 12.2. The van der Waals surface area contributed by atoms with Gasteiger partial charge in [0.05, 0.1) is 10.0 Å². The molecule has 0 aliphatic heterocycles. The molecule has 0 aliphatic carbocycles. The largest absolute Gasteiger partial charge is 0.381 e. The van der Waals surface area contributed by atoms with E-state index in [0.29, 0.717) is 16.6 Å². The molecule has 0 heterocycles. The summed E-state index contributed by atoms with van der Waals surface area (Å²) in [5, 5.41) is 4.29. The quantitative estimate of drug-likeness (QED) is 0.764. The summed E-state index contributed by atoms with van der Waals surface area (Å²) in [4.78, 5) is 0. The third-order valence-corrected chi connectivity index (χ3v) is 2.77. The van der Waals surface area contributed by atoms with Crippen molar-refractivity contribution in [1.82, 2.24) is 0 Å². The second kappa shape index (κ2) is 5.24. The van der Waals surface area contributed by atoms with Crippen molar-refractivity contribution in [3.63, 3.8) is 0 Å². The first-order chi connectivity index (χ1) is 7.00. The lowest BCUT2D eigenvalue weighted by Crippen LogP contribution is -2.04. The Morgan fingerprint density at radius 1 is 1.27 bits per heavy atom. The van der Waals surface area contributed by atoms with Gasteiger partial charge in [0.15, 0.2) is 0 Å². The Bertz CT molecular complexity index is 397. The van der Waals surface area contributed by atoms with Crippen LogP contribution in [0.4, 0.5) is 5.69 Å². The highest BCUT2D eigenvalue weighted by Crippen LogP contribution is 2.25. The Morgan fingerprint density at radius 3 is 2.47 bits per heavy atom. The molecule has 0 fully saturated rings. The molecule has 0 bridgehead atoms. The van der Waals surface area contributed by atoms with Crippen molar-refractivity contribution in [3.05, 3.63) is 52.5 Å². The SMILES string of the molecule is C=C(C)C(=C)CNc1ccc(Cl)c(Cl)c1. The summed E-state index contributed by atoms with van der Waals surface area (Å²) in [7, 11) is 0. The highest BCUT2D eigenvalue weighted by Gasteiger charge is 1.99. The average molecular weight is 242 g/mol. The molecule has 0 aliphatic rings. The predicted octanol–water partition coefficient (Wildman–Crippen LogP) is 4.54. The van der Waals surface area contributed by atoms with Gasteiger partial charge in [-0.15, -0.1) is 0 Å². The van der Waals surface area contributed by atoms with E-state index in [1.165, 1.54) is 0 Å². The zero-order chi connectivity index (χ0) is 11.4. The van der Waals surface area contributed by atoms with E-state index in [1.807, 2.05) is 13.0 Å². The molecule has 0 radical (unpaired) electrons. The van der Waals surface area contributed by atoms with Gasteiger partial charge in [-0.3, -0.25) is 0 Å². The van der Waals surface area contributed by atoms with Gasteiger partial charge in [-0.2, -0.15) is 0 Å². The fourth-order valence-electron chi connectivity index (χ4n) is 0.966. The van der Waals surface area contributed by atoms with Crippen LogP contribution in [0.3, 0.4) is 0 Å². The summed E-state index contributed by atoms with van der Waals surface area (Å²) >= 11 is 11.7. The highest BCUT2D eigenvalue weighted by atomic mass is 35.5. The van der Waals surface area contributed by atoms with Crippen LogP contribution >= 0.6 is 23.2 Å². The van der Waals surface area contributed by atoms with Crippen LogP contribution in [0, 0.1) is 0 Å². The van der Waals surface area contributed by atoms with E-state index in [1.54, 1.807) is 12.1 Å². The molecular weight excluding hydrogens is 229 g/mol. The van der Waals surface area contributed by atoms with E-state index in [2.05, 4.69) is 18.5 Å². The van der Waals surface area contributed by atoms with E-state index < -0.39 is 0 Å². The maximum atomic E-state index is 5.88. The van der Waals surface area contributed by atoms with Gasteiger partial charge in [-0.05, 0) is 30.7 Å². The van der Waals surface area contributed by atoms with Crippen molar-refractivity contribution in [2.45, 2.75) is 6.92 Å². The van der Waals surface area contributed by atoms with E-state index in [0.717, 1.165) is 16.8 Å². The lowest BCUT2D eigenvalue weighted by atomic mass is 10.1. The molecule has 15 heavy (non-hydrogen) atoms. The van der Waals surface area contributed by atoms with Gasteiger partial charge in [0.2, 0.25) is 0 Å². The monoisotopic (exact) mass is 241 g/mol. The summed E-state index contributed by atoms with van der Waals surface area (Å²) < 4.78 is 0. The lowest BCUT2D eigenvalue weighted by molar-refractivity contribution is 1.22. The number of halogens is 2. The third kappa shape index (κ3) is 3.61. The van der Waals surface area contributed by atoms with Gasteiger partial charge in [-0.1, -0.05) is 41.9 Å². The average Bonchev–Trinajstić information content (AvgIpc) is 2.19. The smallest absolute Gasteiger partial charge is 0.0612 e. The first-order valence-electron chi connectivity index (χ1n) is 4.53. The molecule has 0 saturated heterocycles. The lowest BCUT2D eigenvalue weighted by Gasteiger charge is -2.09. The summed E-state index contributed by atoms with van der Waals surface area (Å²) in [5.74, 6) is 0. The van der Waals surface area contributed by atoms with Crippen molar-refractivity contribution >= 4 is 28.9 Å². The molecule has 0 atom stereocenters. The minimum Gasteiger partial charge on any atom is -0.381 e. The van der Waals surface area contributed by atoms with E-state index in [9.17, 15) is 0 Å². The van der Waals surface area contributed by atoms with Crippen LogP contribution in [0.15, 0.2) is 42.5 Å². The molecule has 0 unspecified atom stereocenters. The molecule has 0 amide bonds. The molecule has 0 saturated carbocycles. The van der Waals surface area contributed by atoms with Crippen LogP contribution in [0.2, 0.25) is 10.0 Å². The Hall–Kier alpha value is -0.920. The maximum Gasteiger partial charge on any atom is 0.0612 e. The first-order valence-corrected chi connectivity index (χ1v) is 5.29. The molecule has 3 heteroatoms. The number of anilines is 1. The zero-order valence-corrected chi connectivity index (χ0v) is 10.1. The van der Waals surface area contributed by atoms with Gasteiger partial charge in [0.1, 0.15) is 0 Å². The maximum absolute atomic E-state index is 5.88. The Kier molecular flexibility index (Phi) is 4.25. The van der Waals surface area contributed by atoms with E-state index >= 15 is 0 Å². The summed E-state index contributed by atoms with van der Waals surface area (Å²) in [5.41, 5.74) is 2.87. The number of hydrogen-bond acceptors (Lipinski definition) is 1. The predicted molar refractivity (Wildman–Crippen MR) is 68.9 cm³/mol. The molecule has 1 aromatic rings. The van der Waals surface area contributed by atoms with Gasteiger partial charge < -0.3 is 5.32 Å². The number of rotatable bonds is 4. The Labute approximate surface area is 100 Å². The fraction of sp³-hybridized carbons (Fsp3) is 0.167. The molecule has 1 nitrogen and oxygen atoms in total. The second-order valence-electron chi connectivity index (χ2n) is 3.37. The second-order valence-corrected chi connectivity index (χ2v) is 4.18. The summed E-state index contributed by atoms with van der Waals surface area (Å²) in [6.45, 7) is 10.3. The standard InChI is InChI=1S/C12H13Cl2N/c1-8(2)9(3)7-15-10-4-5-11(13)12(14)6-10/h4-6,15H,1,3,7H2,2H3. The molecule has 80 valence electrons. The van der Waals surface area contributed by atoms with Gasteiger partial charge >= 0.3 is 0 Å². The molecule has 1 N–H and O–H groups in total. The Morgan fingerprint density at radius 2 is 1.93 bits per heavy atom. The minimum atomic E-state index is 0.544. The Balaban J connectivity index is 2.62. The third-order valence-electron chi connectivity index (χ3n) is 2.03. The molecule has 1 rings (SSSR count). The fourth-order valence-corrected chi connectivity index (χ4v) is 1.26. The highest BCUT2D eigenvalue weighted by molar-refractivity contribution is 6.42.